The average molecular weight is 409 g/mol. The molecule has 2 unspecified atom stereocenters. The number of carbonyl (C=O) groups excluding carboxylic acids is 1. The van der Waals surface area contributed by atoms with Crippen molar-refractivity contribution < 1.29 is 13.2 Å². The van der Waals surface area contributed by atoms with Gasteiger partial charge in [-0.05, 0) is 36.6 Å². The van der Waals surface area contributed by atoms with Crippen LogP contribution < -0.4 is 9.62 Å². The normalized spacial score (nSPS) is 13.6. The number of hydrogen-bond acceptors (Lipinski definition) is 3. The van der Waals surface area contributed by atoms with Crippen LogP contribution >= 0.6 is 11.6 Å². The predicted octanol–water partition coefficient (Wildman–Crippen LogP) is 4.15. The maximum Gasteiger partial charge on any atom is 0.244 e. The molecule has 1 amide bonds. The lowest BCUT2D eigenvalue weighted by atomic mass is 10.0. The number of hydrogen-bond donors (Lipinski definition) is 1. The van der Waals surface area contributed by atoms with Crippen LogP contribution in [0.5, 0.6) is 0 Å². The van der Waals surface area contributed by atoms with Crippen LogP contribution in [0.2, 0.25) is 5.02 Å². The SMILES string of the molecule is CCC(NC(=O)C(CC)N(c1cccc(Cl)c1)S(C)(=O)=O)c1ccccc1. The van der Waals surface area contributed by atoms with Gasteiger partial charge in [0.1, 0.15) is 6.04 Å². The fourth-order valence-corrected chi connectivity index (χ4v) is 4.44. The molecule has 0 bridgehead atoms. The topological polar surface area (TPSA) is 66.5 Å². The summed E-state index contributed by atoms with van der Waals surface area (Å²) in [6.07, 6.45) is 2.12. The maximum absolute atomic E-state index is 13.0. The van der Waals surface area contributed by atoms with Crippen molar-refractivity contribution in [1.29, 1.82) is 0 Å². The Bertz CT molecular complexity index is 872. The van der Waals surface area contributed by atoms with Crippen molar-refractivity contribution in [2.75, 3.05) is 10.6 Å². The first-order valence-corrected chi connectivity index (χ1v) is 11.1. The second-order valence-electron chi connectivity index (χ2n) is 6.34. The Morgan fingerprint density at radius 2 is 1.74 bits per heavy atom. The molecule has 146 valence electrons. The Kier molecular flexibility index (Phi) is 7.27. The van der Waals surface area contributed by atoms with E-state index in [2.05, 4.69) is 5.32 Å². The van der Waals surface area contributed by atoms with E-state index in [0.29, 0.717) is 23.6 Å². The van der Waals surface area contributed by atoms with Crippen LogP contribution in [0.4, 0.5) is 5.69 Å². The highest BCUT2D eigenvalue weighted by molar-refractivity contribution is 7.92. The molecule has 0 aromatic heterocycles. The quantitative estimate of drug-likeness (QED) is 0.713. The lowest BCUT2D eigenvalue weighted by molar-refractivity contribution is -0.123. The van der Waals surface area contributed by atoms with Gasteiger partial charge in [0, 0.05) is 5.02 Å². The molecule has 2 aromatic rings. The molecule has 0 saturated carbocycles. The predicted molar refractivity (Wildman–Crippen MR) is 110 cm³/mol. The van der Waals surface area contributed by atoms with Crippen molar-refractivity contribution in [3.05, 3.63) is 65.2 Å². The molecule has 5 nitrogen and oxygen atoms in total. The molecular weight excluding hydrogens is 384 g/mol. The molecule has 0 saturated heterocycles. The number of anilines is 1. The molecule has 2 atom stereocenters. The van der Waals surface area contributed by atoms with Crippen LogP contribution in [-0.2, 0) is 14.8 Å². The van der Waals surface area contributed by atoms with E-state index in [0.717, 1.165) is 16.1 Å². The van der Waals surface area contributed by atoms with Crippen LogP contribution in [0.3, 0.4) is 0 Å². The lowest BCUT2D eigenvalue weighted by Gasteiger charge is -2.31. The highest BCUT2D eigenvalue weighted by atomic mass is 35.5. The fraction of sp³-hybridized carbons (Fsp3) is 0.350. The largest absolute Gasteiger partial charge is 0.347 e. The minimum absolute atomic E-state index is 0.187. The molecule has 7 heteroatoms. The molecule has 2 rings (SSSR count). The van der Waals surface area contributed by atoms with Gasteiger partial charge in [-0.2, -0.15) is 0 Å². The standard InChI is InChI=1S/C20H25ClN2O3S/c1-4-18(15-10-7-6-8-11-15)22-20(24)19(5-2)23(27(3,25)26)17-13-9-12-16(21)14-17/h6-14,18-19H,4-5H2,1-3H3,(H,22,24). The molecule has 0 heterocycles. The van der Waals surface area contributed by atoms with Gasteiger partial charge in [0.05, 0.1) is 18.0 Å². The summed E-state index contributed by atoms with van der Waals surface area (Å²) in [5.74, 6) is -0.335. The Morgan fingerprint density at radius 1 is 1.07 bits per heavy atom. The molecular formula is C20H25ClN2O3S. The summed E-state index contributed by atoms with van der Waals surface area (Å²) in [5, 5.41) is 3.40. The van der Waals surface area contributed by atoms with Gasteiger partial charge >= 0.3 is 0 Å². The van der Waals surface area contributed by atoms with Gasteiger partial charge in [-0.25, -0.2) is 8.42 Å². The van der Waals surface area contributed by atoms with Gasteiger partial charge in [0.2, 0.25) is 15.9 Å². The van der Waals surface area contributed by atoms with Crippen molar-refractivity contribution in [3.63, 3.8) is 0 Å². The van der Waals surface area contributed by atoms with Crippen LogP contribution in [0.25, 0.3) is 0 Å². The highest BCUT2D eigenvalue weighted by Gasteiger charge is 2.32. The molecule has 0 spiro atoms. The van der Waals surface area contributed by atoms with Gasteiger partial charge in [-0.15, -0.1) is 0 Å². The summed E-state index contributed by atoms with van der Waals surface area (Å²) in [5.41, 5.74) is 1.36. The molecule has 27 heavy (non-hydrogen) atoms. The van der Waals surface area contributed by atoms with Crippen molar-refractivity contribution >= 4 is 33.2 Å². The second kappa shape index (κ2) is 9.24. The van der Waals surface area contributed by atoms with Gasteiger partial charge < -0.3 is 5.32 Å². The highest BCUT2D eigenvalue weighted by Crippen LogP contribution is 2.26. The number of sulfonamides is 1. The zero-order valence-electron chi connectivity index (χ0n) is 15.7. The smallest absolute Gasteiger partial charge is 0.244 e. The number of amides is 1. The Balaban J connectivity index is 2.34. The maximum atomic E-state index is 13.0. The van der Waals surface area contributed by atoms with Crippen molar-refractivity contribution in [3.8, 4) is 0 Å². The van der Waals surface area contributed by atoms with Gasteiger partial charge in [-0.1, -0.05) is 61.8 Å². The monoisotopic (exact) mass is 408 g/mol. The Hall–Kier alpha value is -2.05. The number of rotatable bonds is 8. The summed E-state index contributed by atoms with van der Waals surface area (Å²) in [4.78, 5) is 13.0. The van der Waals surface area contributed by atoms with E-state index in [1.165, 1.54) is 0 Å². The Morgan fingerprint density at radius 3 is 2.26 bits per heavy atom. The molecule has 0 fully saturated rings. The number of benzene rings is 2. The third-order valence-corrected chi connectivity index (χ3v) is 5.73. The molecule has 0 aliphatic rings. The van der Waals surface area contributed by atoms with Crippen molar-refractivity contribution in [2.24, 2.45) is 0 Å². The first-order valence-electron chi connectivity index (χ1n) is 8.88. The zero-order valence-corrected chi connectivity index (χ0v) is 17.3. The minimum Gasteiger partial charge on any atom is -0.347 e. The minimum atomic E-state index is -3.68. The third-order valence-electron chi connectivity index (χ3n) is 4.32. The van der Waals surface area contributed by atoms with E-state index in [4.69, 9.17) is 11.6 Å². The lowest BCUT2D eigenvalue weighted by Crippen LogP contribution is -2.50. The van der Waals surface area contributed by atoms with Crippen LogP contribution in [-0.4, -0.2) is 26.6 Å². The van der Waals surface area contributed by atoms with E-state index < -0.39 is 16.1 Å². The first kappa shape index (κ1) is 21.3. The van der Waals surface area contributed by atoms with E-state index in [1.54, 1.807) is 31.2 Å². The van der Waals surface area contributed by atoms with Crippen LogP contribution in [0, 0.1) is 0 Å². The second-order valence-corrected chi connectivity index (χ2v) is 8.64. The van der Waals surface area contributed by atoms with Gasteiger partial charge in [-0.3, -0.25) is 9.10 Å². The number of carbonyl (C=O) groups is 1. The Labute approximate surface area is 166 Å². The summed E-state index contributed by atoms with van der Waals surface area (Å²) in [7, 11) is -3.68. The zero-order chi connectivity index (χ0) is 20.0. The van der Waals surface area contributed by atoms with Gasteiger partial charge in [0.25, 0.3) is 0 Å². The van der Waals surface area contributed by atoms with E-state index >= 15 is 0 Å². The molecule has 0 aliphatic heterocycles. The molecule has 0 radical (unpaired) electrons. The van der Waals surface area contributed by atoms with E-state index in [9.17, 15) is 13.2 Å². The molecule has 1 N–H and O–H groups in total. The summed E-state index contributed by atoms with van der Waals surface area (Å²) in [6.45, 7) is 3.76. The number of nitrogens with zero attached hydrogens (tertiary/aromatic N) is 1. The summed E-state index contributed by atoms with van der Waals surface area (Å²) < 4.78 is 26.1. The summed E-state index contributed by atoms with van der Waals surface area (Å²) in [6, 6.07) is 15.1. The van der Waals surface area contributed by atoms with E-state index in [-0.39, 0.29) is 11.9 Å². The summed E-state index contributed by atoms with van der Waals surface area (Å²) >= 11 is 6.03. The van der Waals surface area contributed by atoms with Crippen molar-refractivity contribution in [2.45, 2.75) is 38.8 Å². The molecule has 0 aliphatic carbocycles. The van der Waals surface area contributed by atoms with Crippen LogP contribution in [0.15, 0.2) is 54.6 Å². The van der Waals surface area contributed by atoms with Crippen molar-refractivity contribution in [1.82, 2.24) is 5.32 Å². The van der Waals surface area contributed by atoms with Gasteiger partial charge in [0.15, 0.2) is 0 Å². The number of nitrogens with one attached hydrogen (secondary N) is 1. The molecule has 2 aromatic carbocycles. The first-order chi connectivity index (χ1) is 12.8. The fourth-order valence-electron chi connectivity index (χ4n) is 3.05. The average Bonchev–Trinajstić information content (AvgIpc) is 2.63. The third kappa shape index (κ3) is 5.47. The number of halogens is 1. The van der Waals surface area contributed by atoms with E-state index in [1.807, 2.05) is 37.3 Å². The van der Waals surface area contributed by atoms with Crippen LogP contribution in [0.1, 0.15) is 38.3 Å².